The minimum atomic E-state index is 0.478. The van der Waals surface area contributed by atoms with Crippen molar-refractivity contribution in [3.63, 3.8) is 0 Å². The SMILES string of the molecule is CC(C)n1cc[n+](CC(Cc2ccccc2)c2ccccc2)c1. The number of aromatic nitrogens is 2. The van der Waals surface area contributed by atoms with Crippen molar-refractivity contribution in [3.05, 3.63) is 90.5 Å². The minimum absolute atomic E-state index is 0.478. The zero-order chi connectivity index (χ0) is 16.1. The molecule has 2 heteroatoms. The summed E-state index contributed by atoms with van der Waals surface area (Å²) >= 11 is 0. The molecule has 0 aliphatic rings. The zero-order valence-corrected chi connectivity index (χ0v) is 14.0. The van der Waals surface area contributed by atoms with E-state index in [-0.39, 0.29) is 0 Å². The predicted octanol–water partition coefficient (Wildman–Crippen LogP) is 4.38. The molecule has 1 aromatic heterocycles. The van der Waals surface area contributed by atoms with Crippen LogP contribution < -0.4 is 4.57 Å². The number of hydrogen-bond acceptors (Lipinski definition) is 0. The normalized spacial score (nSPS) is 12.5. The van der Waals surface area contributed by atoms with Crippen molar-refractivity contribution in [2.24, 2.45) is 0 Å². The third-order valence-electron chi connectivity index (χ3n) is 4.34. The van der Waals surface area contributed by atoms with Gasteiger partial charge in [-0.1, -0.05) is 60.7 Å². The summed E-state index contributed by atoms with van der Waals surface area (Å²) in [6, 6.07) is 22.1. The highest BCUT2D eigenvalue weighted by Gasteiger charge is 2.17. The number of imidazole rings is 1. The molecule has 2 aromatic carbocycles. The lowest BCUT2D eigenvalue weighted by molar-refractivity contribution is -0.699. The first kappa shape index (κ1) is 15.5. The second kappa shape index (κ2) is 7.28. The number of hydrogen-bond donors (Lipinski definition) is 0. The first-order valence-electron chi connectivity index (χ1n) is 8.38. The minimum Gasteiger partial charge on any atom is -0.236 e. The van der Waals surface area contributed by atoms with E-state index in [0.29, 0.717) is 12.0 Å². The van der Waals surface area contributed by atoms with Crippen LogP contribution in [-0.4, -0.2) is 4.57 Å². The fraction of sp³-hybridized carbons (Fsp3) is 0.286. The van der Waals surface area contributed by atoms with Crippen LogP contribution in [0.5, 0.6) is 0 Å². The molecule has 1 atom stereocenters. The molecule has 23 heavy (non-hydrogen) atoms. The van der Waals surface area contributed by atoms with Crippen molar-refractivity contribution in [2.75, 3.05) is 0 Å². The molecule has 0 fully saturated rings. The van der Waals surface area contributed by atoms with E-state index < -0.39 is 0 Å². The van der Waals surface area contributed by atoms with E-state index in [1.165, 1.54) is 11.1 Å². The third-order valence-corrected chi connectivity index (χ3v) is 4.34. The summed E-state index contributed by atoms with van der Waals surface area (Å²) < 4.78 is 4.56. The summed E-state index contributed by atoms with van der Waals surface area (Å²) in [6.07, 6.45) is 7.62. The lowest BCUT2D eigenvalue weighted by Crippen LogP contribution is -2.35. The van der Waals surface area contributed by atoms with Crippen LogP contribution in [0, 0.1) is 0 Å². The lowest BCUT2D eigenvalue weighted by atomic mass is 9.92. The van der Waals surface area contributed by atoms with Crippen LogP contribution in [0.3, 0.4) is 0 Å². The Kier molecular flexibility index (Phi) is 4.92. The molecule has 0 aliphatic heterocycles. The van der Waals surface area contributed by atoms with E-state index in [1.54, 1.807) is 0 Å². The van der Waals surface area contributed by atoms with Gasteiger partial charge in [0.15, 0.2) is 0 Å². The summed E-state index contributed by atoms with van der Waals surface area (Å²) in [5.41, 5.74) is 2.80. The highest BCUT2D eigenvalue weighted by molar-refractivity contribution is 5.23. The van der Waals surface area contributed by atoms with Crippen LogP contribution in [0.2, 0.25) is 0 Å². The molecule has 0 bridgehead atoms. The number of nitrogens with zero attached hydrogens (tertiary/aromatic N) is 2. The molecule has 2 nitrogen and oxygen atoms in total. The Morgan fingerprint density at radius 1 is 0.913 bits per heavy atom. The highest BCUT2D eigenvalue weighted by atomic mass is 15.1. The molecule has 0 amide bonds. The van der Waals surface area contributed by atoms with Gasteiger partial charge in [0.1, 0.15) is 12.4 Å². The largest absolute Gasteiger partial charge is 0.243 e. The van der Waals surface area contributed by atoms with Gasteiger partial charge < -0.3 is 0 Å². The number of rotatable bonds is 6. The van der Waals surface area contributed by atoms with Crippen molar-refractivity contribution in [1.82, 2.24) is 4.57 Å². The highest BCUT2D eigenvalue weighted by Crippen LogP contribution is 2.21. The molecule has 1 unspecified atom stereocenters. The van der Waals surface area contributed by atoms with Gasteiger partial charge >= 0.3 is 0 Å². The van der Waals surface area contributed by atoms with Gasteiger partial charge in [-0.05, 0) is 31.4 Å². The fourth-order valence-corrected chi connectivity index (χ4v) is 2.99. The van der Waals surface area contributed by atoms with Crippen LogP contribution >= 0.6 is 0 Å². The summed E-state index contributed by atoms with van der Waals surface area (Å²) in [5, 5.41) is 0. The van der Waals surface area contributed by atoms with Crippen molar-refractivity contribution in [2.45, 2.75) is 38.8 Å². The Balaban J connectivity index is 1.82. The van der Waals surface area contributed by atoms with Gasteiger partial charge in [-0.2, -0.15) is 0 Å². The van der Waals surface area contributed by atoms with Crippen molar-refractivity contribution in [1.29, 1.82) is 0 Å². The maximum absolute atomic E-state index is 2.31. The molecule has 3 aromatic rings. The Hall–Kier alpha value is -2.35. The standard InChI is InChI=1S/C21H25N2/c1-18(2)23-14-13-22(17-23)16-21(20-11-7-4-8-12-20)15-19-9-5-3-6-10-19/h3-14,17-18,21H,15-16H2,1-2H3/q+1. The van der Waals surface area contributed by atoms with Gasteiger partial charge in [-0.3, -0.25) is 0 Å². The van der Waals surface area contributed by atoms with Crippen LogP contribution in [0.25, 0.3) is 0 Å². The smallest absolute Gasteiger partial charge is 0.236 e. The van der Waals surface area contributed by atoms with Crippen LogP contribution in [0.15, 0.2) is 79.4 Å². The Labute approximate surface area is 139 Å². The van der Waals surface area contributed by atoms with Crippen molar-refractivity contribution >= 4 is 0 Å². The second-order valence-corrected chi connectivity index (χ2v) is 6.45. The van der Waals surface area contributed by atoms with Gasteiger partial charge in [0.05, 0.1) is 12.6 Å². The van der Waals surface area contributed by atoms with Gasteiger partial charge in [0, 0.05) is 5.92 Å². The maximum Gasteiger partial charge on any atom is 0.243 e. The molecule has 118 valence electrons. The topological polar surface area (TPSA) is 8.81 Å². The van der Waals surface area contributed by atoms with E-state index in [9.17, 15) is 0 Å². The van der Waals surface area contributed by atoms with Crippen LogP contribution in [-0.2, 0) is 13.0 Å². The zero-order valence-electron chi connectivity index (χ0n) is 14.0. The average molecular weight is 305 g/mol. The average Bonchev–Trinajstić information content (AvgIpc) is 3.05. The molecule has 0 aliphatic carbocycles. The van der Waals surface area contributed by atoms with Gasteiger partial charge in [-0.25, -0.2) is 9.13 Å². The Morgan fingerprint density at radius 2 is 1.57 bits per heavy atom. The summed E-state index contributed by atoms with van der Waals surface area (Å²) in [6.45, 7) is 5.42. The van der Waals surface area contributed by atoms with E-state index >= 15 is 0 Å². The molecule has 0 N–H and O–H groups in total. The van der Waals surface area contributed by atoms with Crippen molar-refractivity contribution in [3.8, 4) is 0 Å². The van der Waals surface area contributed by atoms with Gasteiger partial charge in [0.2, 0.25) is 6.33 Å². The monoisotopic (exact) mass is 305 g/mol. The molecule has 0 saturated carbocycles. The Bertz CT molecular complexity index is 714. The maximum atomic E-state index is 2.31. The van der Waals surface area contributed by atoms with E-state index in [1.807, 2.05) is 0 Å². The van der Waals surface area contributed by atoms with Crippen LogP contribution in [0.1, 0.15) is 36.9 Å². The molecule has 3 rings (SSSR count). The number of benzene rings is 2. The molecular formula is C21H25N2+. The summed E-state index contributed by atoms with van der Waals surface area (Å²) in [4.78, 5) is 0. The Morgan fingerprint density at radius 3 is 2.17 bits per heavy atom. The van der Waals surface area contributed by atoms with Crippen molar-refractivity contribution < 1.29 is 4.57 Å². The van der Waals surface area contributed by atoms with E-state index in [4.69, 9.17) is 0 Å². The molecule has 1 heterocycles. The first-order valence-corrected chi connectivity index (χ1v) is 8.38. The second-order valence-electron chi connectivity index (χ2n) is 6.45. The van der Waals surface area contributed by atoms with Gasteiger partial charge in [0.25, 0.3) is 0 Å². The van der Waals surface area contributed by atoms with Crippen LogP contribution in [0.4, 0.5) is 0 Å². The van der Waals surface area contributed by atoms with E-state index in [0.717, 1.165) is 13.0 Å². The molecule has 0 saturated heterocycles. The predicted molar refractivity (Wildman–Crippen MR) is 94.3 cm³/mol. The lowest BCUT2D eigenvalue weighted by Gasteiger charge is -2.16. The molecule has 0 radical (unpaired) electrons. The molecular weight excluding hydrogens is 280 g/mol. The van der Waals surface area contributed by atoms with Gasteiger partial charge in [-0.15, -0.1) is 0 Å². The molecule has 0 spiro atoms. The quantitative estimate of drug-likeness (QED) is 0.598. The third kappa shape index (κ3) is 4.10. The fourth-order valence-electron chi connectivity index (χ4n) is 2.99. The summed E-state index contributed by atoms with van der Waals surface area (Å²) in [7, 11) is 0. The van der Waals surface area contributed by atoms with E-state index in [2.05, 4.69) is 102 Å². The summed E-state index contributed by atoms with van der Waals surface area (Å²) in [5.74, 6) is 0.478. The first-order chi connectivity index (χ1) is 11.2.